The van der Waals surface area contributed by atoms with Crippen LogP contribution in [-0.4, -0.2) is 28.3 Å². The molecule has 1 unspecified atom stereocenters. The smallest absolute Gasteiger partial charge is 0.326 e. The van der Waals surface area contributed by atoms with Crippen molar-refractivity contribution >= 4 is 33.4 Å². The van der Waals surface area contributed by atoms with E-state index in [-0.39, 0.29) is 6.79 Å². The van der Waals surface area contributed by atoms with Gasteiger partial charge >= 0.3 is 5.97 Å². The van der Waals surface area contributed by atoms with Crippen molar-refractivity contribution in [3.8, 4) is 11.5 Å². The number of hydrogen-bond acceptors (Lipinski definition) is 5. The molecular weight excluding hydrogens is 368 g/mol. The summed E-state index contributed by atoms with van der Waals surface area (Å²) in [7, 11) is 0. The maximum Gasteiger partial charge on any atom is 0.326 e. The highest BCUT2D eigenvalue weighted by atomic mass is 32.1. The van der Waals surface area contributed by atoms with Crippen LogP contribution in [-0.2, 0) is 4.79 Å². The average molecular weight is 384 g/mol. The molecular formula is C19H16N2O5S. The molecule has 1 N–H and O–H groups in total. The molecule has 0 saturated carbocycles. The molecule has 8 heteroatoms. The normalized spacial score (nSPS) is 14.5. The Labute approximate surface area is 158 Å². The highest BCUT2D eigenvalue weighted by Crippen LogP contribution is 2.37. The predicted molar refractivity (Wildman–Crippen MR) is 99.4 cm³/mol. The zero-order valence-corrected chi connectivity index (χ0v) is 15.4. The molecule has 0 fully saturated rings. The second kappa shape index (κ2) is 6.55. The largest absolute Gasteiger partial charge is 0.480 e. The lowest BCUT2D eigenvalue weighted by atomic mass is 10.1. The van der Waals surface area contributed by atoms with Gasteiger partial charge in [-0.3, -0.25) is 4.79 Å². The van der Waals surface area contributed by atoms with Crippen LogP contribution in [0.25, 0.3) is 10.2 Å². The Kier molecular flexibility index (Phi) is 4.19. The number of carboxylic acids is 1. The molecule has 0 saturated heterocycles. The molecule has 0 bridgehead atoms. The SMILES string of the molecule is Cc1ccc(C(=O)N=c2sc3cc4c(cc3n2C(C)C(=O)O)OCO4)cc1. The Morgan fingerprint density at radius 3 is 2.52 bits per heavy atom. The summed E-state index contributed by atoms with van der Waals surface area (Å²) in [5.41, 5.74) is 2.12. The van der Waals surface area contributed by atoms with E-state index in [0.717, 1.165) is 10.3 Å². The van der Waals surface area contributed by atoms with Gasteiger partial charge in [0.25, 0.3) is 5.91 Å². The number of aromatic nitrogens is 1. The van der Waals surface area contributed by atoms with Crippen molar-refractivity contribution in [1.82, 2.24) is 4.57 Å². The molecule has 1 amide bonds. The Balaban J connectivity index is 1.91. The second-order valence-electron chi connectivity index (χ2n) is 6.23. The highest BCUT2D eigenvalue weighted by Gasteiger charge is 2.23. The molecule has 0 radical (unpaired) electrons. The number of hydrogen-bond donors (Lipinski definition) is 1. The predicted octanol–water partition coefficient (Wildman–Crippen LogP) is 3.13. The molecule has 1 aliphatic rings. The van der Waals surface area contributed by atoms with E-state index in [9.17, 15) is 14.7 Å². The highest BCUT2D eigenvalue weighted by molar-refractivity contribution is 7.16. The Bertz CT molecular complexity index is 1130. The number of carbonyl (C=O) groups is 2. The number of rotatable bonds is 3. The van der Waals surface area contributed by atoms with E-state index in [2.05, 4.69) is 4.99 Å². The van der Waals surface area contributed by atoms with Gasteiger partial charge in [0.1, 0.15) is 6.04 Å². The van der Waals surface area contributed by atoms with Crippen molar-refractivity contribution < 1.29 is 24.2 Å². The molecule has 27 heavy (non-hydrogen) atoms. The number of carboxylic acid groups (broad SMARTS) is 1. The third-order valence-corrected chi connectivity index (χ3v) is 5.38. The van der Waals surface area contributed by atoms with Gasteiger partial charge < -0.3 is 19.1 Å². The summed E-state index contributed by atoms with van der Waals surface area (Å²) in [5.74, 6) is -0.303. The van der Waals surface area contributed by atoms with Crippen LogP contribution in [0.1, 0.15) is 28.9 Å². The number of benzene rings is 2. The second-order valence-corrected chi connectivity index (χ2v) is 7.23. The van der Waals surface area contributed by atoms with Gasteiger partial charge in [0.05, 0.1) is 10.2 Å². The van der Waals surface area contributed by atoms with Crippen molar-refractivity contribution in [2.75, 3.05) is 6.79 Å². The van der Waals surface area contributed by atoms with E-state index in [1.54, 1.807) is 31.2 Å². The first kappa shape index (κ1) is 17.3. The quantitative estimate of drug-likeness (QED) is 0.749. The van der Waals surface area contributed by atoms with Crippen molar-refractivity contribution in [3.63, 3.8) is 0 Å². The molecule has 7 nitrogen and oxygen atoms in total. The van der Waals surface area contributed by atoms with Crippen LogP contribution >= 0.6 is 11.3 Å². The summed E-state index contributed by atoms with van der Waals surface area (Å²) in [4.78, 5) is 28.7. The van der Waals surface area contributed by atoms with Gasteiger partial charge in [-0.25, -0.2) is 4.79 Å². The summed E-state index contributed by atoms with van der Waals surface area (Å²) in [6.07, 6.45) is 0. The van der Waals surface area contributed by atoms with E-state index in [1.165, 1.54) is 15.9 Å². The zero-order chi connectivity index (χ0) is 19.1. The van der Waals surface area contributed by atoms with Crippen molar-refractivity contribution in [1.29, 1.82) is 0 Å². The molecule has 1 aliphatic heterocycles. The first-order valence-corrected chi connectivity index (χ1v) is 9.09. The van der Waals surface area contributed by atoms with Crippen molar-refractivity contribution in [2.45, 2.75) is 19.9 Å². The molecule has 0 aliphatic carbocycles. The van der Waals surface area contributed by atoms with Crippen molar-refractivity contribution in [3.05, 3.63) is 52.3 Å². The van der Waals surface area contributed by atoms with Gasteiger partial charge in [-0.1, -0.05) is 29.0 Å². The zero-order valence-electron chi connectivity index (χ0n) is 14.6. The number of amides is 1. The summed E-state index contributed by atoms with van der Waals surface area (Å²) in [6, 6.07) is 9.68. The maximum absolute atomic E-state index is 12.6. The molecule has 138 valence electrons. The van der Waals surface area contributed by atoms with Gasteiger partial charge in [0.2, 0.25) is 6.79 Å². The van der Waals surface area contributed by atoms with Gasteiger partial charge in [0.15, 0.2) is 16.3 Å². The summed E-state index contributed by atoms with van der Waals surface area (Å²) >= 11 is 1.24. The third kappa shape index (κ3) is 3.08. The standard InChI is InChI=1S/C19H16N2O5S/c1-10-3-5-12(6-4-10)17(22)20-19-21(11(2)18(23)24)13-7-14-15(26-9-25-14)8-16(13)27-19/h3-8,11H,9H2,1-2H3,(H,23,24). The lowest BCUT2D eigenvalue weighted by Gasteiger charge is -2.10. The number of nitrogens with zero attached hydrogens (tertiary/aromatic N) is 2. The molecule has 2 aromatic carbocycles. The molecule has 3 aromatic rings. The molecule has 0 spiro atoms. The minimum atomic E-state index is -1.02. The number of carbonyl (C=O) groups excluding carboxylic acids is 1. The van der Waals surface area contributed by atoms with E-state index in [0.29, 0.717) is 27.4 Å². The van der Waals surface area contributed by atoms with Crippen LogP contribution in [0.4, 0.5) is 0 Å². The minimum Gasteiger partial charge on any atom is -0.480 e. The lowest BCUT2D eigenvalue weighted by Crippen LogP contribution is -2.25. The first-order chi connectivity index (χ1) is 12.9. The topological polar surface area (TPSA) is 90.1 Å². The molecule has 1 atom stereocenters. The fourth-order valence-corrected chi connectivity index (χ4v) is 3.95. The van der Waals surface area contributed by atoms with Crippen LogP contribution in [0, 0.1) is 6.92 Å². The van der Waals surface area contributed by atoms with Crippen molar-refractivity contribution in [2.24, 2.45) is 4.99 Å². The lowest BCUT2D eigenvalue weighted by molar-refractivity contribution is -0.140. The first-order valence-electron chi connectivity index (χ1n) is 8.27. The summed E-state index contributed by atoms with van der Waals surface area (Å²) in [6.45, 7) is 3.61. The fraction of sp³-hybridized carbons (Fsp3) is 0.211. The Morgan fingerprint density at radius 2 is 1.85 bits per heavy atom. The van der Waals surface area contributed by atoms with Gasteiger partial charge in [0, 0.05) is 17.7 Å². The third-order valence-electron chi connectivity index (χ3n) is 4.36. The summed E-state index contributed by atoms with van der Waals surface area (Å²) in [5, 5.41) is 9.51. The minimum absolute atomic E-state index is 0.129. The van der Waals surface area contributed by atoms with Crippen LogP contribution in [0.3, 0.4) is 0 Å². The number of thiazole rings is 1. The van der Waals surface area contributed by atoms with Crippen LogP contribution in [0.5, 0.6) is 11.5 Å². The molecule has 2 heterocycles. The number of aryl methyl sites for hydroxylation is 1. The van der Waals surface area contributed by atoms with Crippen LogP contribution < -0.4 is 14.3 Å². The number of aliphatic carboxylic acids is 1. The average Bonchev–Trinajstić information content (AvgIpc) is 3.22. The van der Waals surface area contributed by atoms with E-state index in [4.69, 9.17) is 9.47 Å². The number of fused-ring (bicyclic) bond motifs is 2. The maximum atomic E-state index is 12.6. The number of ether oxygens (including phenoxy) is 2. The Morgan fingerprint density at radius 1 is 1.19 bits per heavy atom. The van der Waals surface area contributed by atoms with E-state index in [1.807, 2.05) is 19.1 Å². The van der Waals surface area contributed by atoms with Crippen LogP contribution in [0.15, 0.2) is 41.4 Å². The van der Waals surface area contributed by atoms with Gasteiger partial charge in [-0.2, -0.15) is 4.99 Å². The molecule has 4 rings (SSSR count). The van der Waals surface area contributed by atoms with Gasteiger partial charge in [-0.15, -0.1) is 0 Å². The summed E-state index contributed by atoms with van der Waals surface area (Å²) < 4.78 is 13.1. The van der Waals surface area contributed by atoms with Crippen LogP contribution in [0.2, 0.25) is 0 Å². The van der Waals surface area contributed by atoms with E-state index >= 15 is 0 Å². The van der Waals surface area contributed by atoms with Gasteiger partial charge in [-0.05, 0) is 26.0 Å². The fourth-order valence-electron chi connectivity index (χ4n) is 2.84. The molecule has 1 aromatic heterocycles. The van der Waals surface area contributed by atoms with E-state index < -0.39 is 17.9 Å². The monoisotopic (exact) mass is 384 g/mol. The Hall–Kier alpha value is -3.13.